The molecule has 1 unspecified atom stereocenters. The molecule has 1 aliphatic rings. The van der Waals surface area contributed by atoms with Gasteiger partial charge < -0.3 is 10.5 Å². The third-order valence-electron chi connectivity index (χ3n) is 2.35. The lowest BCUT2D eigenvalue weighted by molar-refractivity contribution is -0.0369. The Kier molecular flexibility index (Phi) is 2.67. The van der Waals surface area contributed by atoms with E-state index in [2.05, 4.69) is 47.0 Å². The van der Waals surface area contributed by atoms with E-state index in [1.54, 1.807) is 0 Å². The molecule has 0 fully saturated rings. The van der Waals surface area contributed by atoms with Crippen LogP contribution in [0.2, 0.25) is 0 Å². The van der Waals surface area contributed by atoms with Crippen LogP contribution in [0.5, 0.6) is 0 Å². The van der Waals surface area contributed by atoms with Crippen LogP contribution in [0.3, 0.4) is 0 Å². The lowest BCUT2D eigenvalue weighted by atomic mass is 9.92. The fraction of sp³-hybridized carbons (Fsp3) is 0.818. The van der Waals surface area contributed by atoms with Crippen molar-refractivity contribution in [3.63, 3.8) is 0 Å². The number of rotatable bonds is 0. The molecule has 82 valence electrons. The van der Waals surface area contributed by atoms with E-state index in [0.29, 0.717) is 0 Å². The number of nitrogens with one attached hydrogen (secondary N) is 1. The number of allylic oxidation sites excluding steroid dienone is 1. The third-order valence-corrected chi connectivity index (χ3v) is 2.35. The molecule has 0 radical (unpaired) electrons. The lowest BCUT2D eigenvalue weighted by Crippen LogP contribution is -2.51. The van der Waals surface area contributed by atoms with E-state index in [9.17, 15) is 5.11 Å². The largest absolute Gasteiger partial charge is 0.373 e. The molecular weight excluding hydrogens is 176 g/mol. The predicted molar refractivity (Wildman–Crippen MR) is 58.3 cm³/mol. The van der Waals surface area contributed by atoms with Crippen LogP contribution in [0.4, 0.5) is 0 Å². The normalized spacial score (nSPS) is 24.8. The summed E-state index contributed by atoms with van der Waals surface area (Å²) in [5.41, 5.74) is 4.32. The summed E-state index contributed by atoms with van der Waals surface area (Å²) in [4.78, 5) is 0. The molecule has 3 heteroatoms. The van der Waals surface area contributed by atoms with Crippen LogP contribution in [0.15, 0.2) is 11.8 Å². The second kappa shape index (κ2) is 3.24. The summed E-state index contributed by atoms with van der Waals surface area (Å²) < 4.78 is 0. The van der Waals surface area contributed by atoms with Crippen LogP contribution in [0.25, 0.3) is 0 Å². The van der Waals surface area contributed by atoms with E-state index >= 15 is 0 Å². The van der Waals surface area contributed by atoms with Crippen LogP contribution in [-0.2, 0) is 0 Å². The van der Waals surface area contributed by atoms with Crippen LogP contribution in [0.1, 0.15) is 41.5 Å². The maximum atomic E-state index is 9.85. The number of aliphatic hydroxyl groups is 1. The Balaban J connectivity index is 2.80. The zero-order valence-electron chi connectivity index (χ0n) is 10.0. The van der Waals surface area contributed by atoms with Gasteiger partial charge in [0.05, 0.1) is 0 Å². The first kappa shape index (κ1) is 11.5. The summed E-state index contributed by atoms with van der Waals surface area (Å²) in [5.74, 6) is 0. The Morgan fingerprint density at radius 1 is 1.21 bits per heavy atom. The molecule has 14 heavy (non-hydrogen) atoms. The van der Waals surface area contributed by atoms with E-state index in [0.717, 1.165) is 5.70 Å². The molecule has 0 bridgehead atoms. The molecule has 2 N–H and O–H groups in total. The van der Waals surface area contributed by atoms with E-state index in [1.165, 1.54) is 0 Å². The summed E-state index contributed by atoms with van der Waals surface area (Å²) in [6.07, 6.45) is 1.36. The molecule has 0 aromatic heterocycles. The Hall–Kier alpha value is -0.540. The lowest BCUT2D eigenvalue weighted by Gasteiger charge is -2.36. The van der Waals surface area contributed by atoms with Gasteiger partial charge in [0.2, 0.25) is 0 Å². The van der Waals surface area contributed by atoms with Crippen LogP contribution in [-0.4, -0.2) is 21.9 Å². The van der Waals surface area contributed by atoms with E-state index in [-0.39, 0.29) is 11.0 Å². The van der Waals surface area contributed by atoms with Crippen molar-refractivity contribution in [2.24, 2.45) is 5.41 Å². The number of aliphatic hydroxyl groups excluding tert-OH is 1. The maximum absolute atomic E-state index is 9.85. The number of hydrazine groups is 1. The molecule has 1 rings (SSSR count). The number of hydrogen-bond acceptors (Lipinski definition) is 3. The molecule has 0 aromatic rings. The minimum absolute atomic E-state index is 0.0565. The van der Waals surface area contributed by atoms with Crippen molar-refractivity contribution in [2.45, 2.75) is 53.3 Å². The SMILES string of the molecule is CC(C)(C)C1=CC(O)N(C(C)(C)C)N1. The van der Waals surface area contributed by atoms with Crippen LogP contribution < -0.4 is 5.43 Å². The fourth-order valence-electron chi connectivity index (χ4n) is 1.44. The first-order valence-corrected chi connectivity index (χ1v) is 5.09. The topological polar surface area (TPSA) is 35.5 Å². The van der Waals surface area contributed by atoms with Crippen molar-refractivity contribution in [3.8, 4) is 0 Å². The van der Waals surface area contributed by atoms with Crippen LogP contribution in [0, 0.1) is 5.41 Å². The minimum Gasteiger partial charge on any atom is -0.373 e. The smallest absolute Gasteiger partial charge is 0.145 e. The van der Waals surface area contributed by atoms with Crippen molar-refractivity contribution in [2.75, 3.05) is 0 Å². The fourth-order valence-corrected chi connectivity index (χ4v) is 1.44. The first-order chi connectivity index (χ1) is 6.12. The van der Waals surface area contributed by atoms with Crippen molar-refractivity contribution < 1.29 is 5.11 Å². The van der Waals surface area contributed by atoms with Gasteiger partial charge in [-0.3, -0.25) is 0 Å². The van der Waals surface area contributed by atoms with Gasteiger partial charge in [-0.15, -0.1) is 0 Å². The average molecular weight is 198 g/mol. The van der Waals surface area contributed by atoms with Gasteiger partial charge in [-0.05, 0) is 26.8 Å². The van der Waals surface area contributed by atoms with Gasteiger partial charge in [-0.2, -0.15) is 5.01 Å². The van der Waals surface area contributed by atoms with E-state index in [1.807, 2.05) is 11.1 Å². The number of hydrogen-bond donors (Lipinski definition) is 2. The van der Waals surface area contributed by atoms with Crippen molar-refractivity contribution in [1.29, 1.82) is 0 Å². The Morgan fingerprint density at radius 3 is 1.93 bits per heavy atom. The monoisotopic (exact) mass is 198 g/mol. The zero-order valence-corrected chi connectivity index (χ0v) is 10.0. The second-order valence-electron chi connectivity index (χ2n) is 5.90. The van der Waals surface area contributed by atoms with Crippen molar-refractivity contribution >= 4 is 0 Å². The highest BCUT2D eigenvalue weighted by Gasteiger charge is 2.35. The molecule has 0 aliphatic carbocycles. The predicted octanol–water partition coefficient (Wildman–Crippen LogP) is 1.85. The summed E-state index contributed by atoms with van der Waals surface area (Å²) in [6.45, 7) is 12.6. The quantitative estimate of drug-likeness (QED) is 0.623. The highest BCUT2D eigenvalue weighted by molar-refractivity contribution is 5.15. The summed E-state index contributed by atoms with van der Waals surface area (Å²) in [6, 6.07) is 0. The molecule has 1 atom stereocenters. The molecule has 0 spiro atoms. The highest BCUT2D eigenvalue weighted by Crippen LogP contribution is 2.30. The summed E-state index contributed by atoms with van der Waals surface area (Å²) in [7, 11) is 0. The van der Waals surface area contributed by atoms with Gasteiger partial charge in [0.25, 0.3) is 0 Å². The van der Waals surface area contributed by atoms with Gasteiger partial charge in [-0.1, -0.05) is 20.8 Å². The van der Waals surface area contributed by atoms with Gasteiger partial charge in [-0.25, -0.2) is 0 Å². The summed E-state index contributed by atoms with van der Waals surface area (Å²) >= 11 is 0. The molecule has 0 amide bonds. The van der Waals surface area contributed by atoms with E-state index in [4.69, 9.17) is 0 Å². The summed E-state index contributed by atoms with van der Waals surface area (Å²) in [5, 5.41) is 11.7. The average Bonchev–Trinajstić information content (AvgIpc) is 2.27. The molecular formula is C11H22N2O. The van der Waals surface area contributed by atoms with Gasteiger partial charge in [0.15, 0.2) is 0 Å². The Labute approximate surface area is 86.8 Å². The maximum Gasteiger partial charge on any atom is 0.145 e. The first-order valence-electron chi connectivity index (χ1n) is 5.09. The molecule has 0 saturated carbocycles. The highest BCUT2D eigenvalue weighted by atomic mass is 16.3. The molecule has 1 aliphatic heterocycles. The molecule has 3 nitrogen and oxygen atoms in total. The van der Waals surface area contributed by atoms with Crippen molar-refractivity contribution in [3.05, 3.63) is 11.8 Å². The van der Waals surface area contributed by atoms with Gasteiger partial charge in [0.1, 0.15) is 6.23 Å². The van der Waals surface area contributed by atoms with Gasteiger partial charge in [0, 0.05) is 16.7 Å². The van der Waals surface area contributed by atoms with Crippen molar-refractivity contribution in [1.82, 2.24) is 10.4 Å². The third kappa shape index (κ3) is 2.28. The zero-order chi connectivity index (χ0) is 11.1. The molecule has 1 heterocycles. The molecule has 0 aromatic carbocycles. The number of nitrogens with zero attached hydrogens (tertiary/aromatic N) is 1. The van der Waals surface area contributed by atoms with E-state index < -0.39 is 6.23 Å². The van der Waals surface area contributed by atoms with Crippen LogP contribution >= 0.6 is 0 Å². The molecule has 0 saturated heterocycles. The standard InChI is InChI=1S/C11H22N2O/c1-10(2,3)8-7-9(14)13(12-8)11(4,5)6/h7,9,12,14H,1-6H3. The Morgan fingerprint density at radius 2 is 1.71 bits per heavy atom. The Bertz CT molecular complexity index is 245. The second-order valence-corrected chi connectivity index (χ2v) is 5.90. The minimum atomic E-state index is -0.524. The van der Waals surface area contributed by atoms with Gasteiger partial charge >= 0.3 is 0 Å².